The summed E-state index contributed by atoms with van der Waals surface area (Å²) >= 11 is 9.99. The van der Waals surface area contributed by atoms with Gasteiger partial charge >= 0.3 is 0 Å². The zero-order valence-corrected chi connectivity index (χ0v) is 12.2. The third-order valence-corrected chi connectivity index (χ3v) is 4.55. The number of halogens is 2. The molecule has 0 heterocycles. The average molecular weight is 315 g/mol. The molecule has 17 heavy (non-hydrogen) atoms. The van der Waals surface area contributed by atoms with E-state index in [9.17, 15) is 0 Å². The number of rotatable bonds is 5. The fraction of sp³-hybridized carbons (Fsp3) is 0.571. The van der Waals surface area contributed by atoms with Gasteiger partial charge in [-0.25, -0.2) is 0 Å². The largest absolute Gasteiger partial charge is 0.367 e. The highest BCUT2D eigenvalue weighted by Gasteiger charge is 2.35. The molecule has 0 bridgehead atoms. The molecule has 0 aromatic heterocycles. The van der Waals surface area contributed by atoms with Gasteiger partial charge in [-0.1, -0.05) is 39.7 Å². The molecule has 1 aromatic carbocycles. The van der Waals surface area contributed by atoms with Crippen LogP contribution in [0.2, 0.25) is 5.02 Å². The van der Waals surface area contributed by atoms with Crippen LogP contribution in [0, 0.1) is 5.92 Å². The van der Waals surface area contributed by atoms with Gasteiger partial charge in [0.2, 0.25) is 0 Å². The number of nitrogens with zero attached hydrogens (tertiary/aromatic N) is 1. The molecule has 3 heteroatoms. The lowest BCUT2D eigenvalue weighted by atomic mass is 10.1. The highest BCUT2D eigenvalue weighted by molar-refractivity contribution is 9.08. The molecule has 1 aromatic rings. The van der Waals surface area contributed by atoms with Gasteiger partial charge in [-0.15, -0.1) is 0 Å². The van der Waals surface area contributed by atoms with E-state index in [2.05, 4.69) is 26.9 Å². The number of anilines is 1. The molecule has 1 nitrogen and oxygen atoms in total. The summed E-state index contributed by atoms with van der Waals surface area (Å²) in [6.07, 6.45) is 5.47. The number of hydrogen-bond donors (Lipinski definition) is 0. The van der Waals surface area contributed by atoms with Crippen molar-refractivity contribution in [2.45, 2.75) is 37.1 Å². The van der Waals surface area contributed by atoms with Gasteiger partial charge in [-0.2, -0.15) is 0 Å². The molecule has 0 saturated heterocycles. The van der Waals surface area contributed by atoms with E-state index < -0.39 is 0 Å². The topological polar surface area (TPSA) is 3.24 Å². The maximum absolute atomic E-state index is 6.42. The third kappa shape index (κ3) is 2.63. The van der Waals surface area contributed by atoms with E-state index in [1.165, 1.54) is 43.5 Å². The lowest BCUT2D eigenvalue weighted by Crippen LogP contribution is -2.29. The minimum absolute atomic E-state index is 0.744. The first kappa shape index (κ1) is 11.9. The van der Waals surface area contributed by atoms with Crippen molar-refractivity contribution in [2.24, 2.45) is 5.92 Å². The van der Waals surface area contributed by atoms with Gasteiger partial charge in [0.1, 0.15) is 0 Å². The predicted molar refractivity (Wildman–Crippen MR) is 77.2 cm³/mol. The first-order valence-electron chi connectivity index (χ1n) is 6.39. The van der Waals surface area contributed by atoms with Crippen LogP contribution in [-0.4, -0.2) is 12.6 Å². The van der Waals surface area contributed by atoms with E-state index in [0.717, 1.165) is 22.3 Å². The molecule has 0 aliphatic heterocycles. The number of para-hydroxylation sites is 1. The van der Waals surface area contributed by atoms with Crippen molar-refractivity contribution in [3.63, 3.8) is 0 Å². The standard InChI is InChI=1S/C14H17BrClN/c15-8-11-2-1-3-13(16)14(11)17(12-6-7-12)9-10-4-5-10/h1-3,10,12H,4-9H2. The van der Waals surface area contributed by atoms with E-state index >= 15 is 0 Å². The Morgan fingerprint density at radius 2 is 2.00 bits per heavy atom. The van der Waals surface area contributed by atoms with E-state index in [-0.39, 0.29) is 0 Å². The molecular formula is C14H17BrClN. The normalized spacial score (nSPS) is 19.4. The molecule has 2 aliphatic carbocycles. The van der Waals surface area contributed by atoms with Crippen LogP contribution in [0.1, 0.15) is 31.2 Å². The molecule has 0 radical (unpaired) electrons. The molecule has 0 spiro atoms. The molecule has 0 atom stereocenters. The van der Waals surface area contributed by atoms with Gasteiger partial charge in [0.15, 0.2) is 0 Å². The summed E-state index contributed by atoms with van der Waals surface area (Å²) in [6.45, 7) is 1.20. The predicted octanol–water partition coefficient (Wildman–Crippen LogP) is 4.61. The van der Waals surface area contributed by atoms with Crippen molar-refractivity contribution in [3.05, 3.63) is 28.8 Å². The number of benzene rings is 1. The Balaban J connectivity index is 1.92. The SMILES string of the molecule is Clc1cccc(CBr)c1N(CC1CC1)C1CC1. The average Bonchev–Trinajstić information content (AvgIpc) is 3.17. The Bertz CT molecular complexity index is 413. The van der Waals surface area contributed by atoms with Gasteiger partial charge in [-0.05, 0) is 43.2 Å². The Morgan fingerprint density at radius 3 is 2.59 bits per heavy atom. The molecule has 2 fully saturated rings. The van der Waals surface area contributed by atoms with E-state index in [4.69, 9.17) is 11.6 Å². The minimum atomic E-state index is 0.744. The van der Waals surface area contributed by atoms with Crippen molar-refractivity contribution in [3.8, 4) is 0 Å². The van der Waals surface area contributed by atoms with Gasteiger partial charge in [-0.3, -0.25) is 0 Å². The summed E-state index contributed by atoms with van der Waals surface area (Å²) in [4.78, 5) is 2.57. The van der Waals surface area contributed by atoms with Crippen LogP contribution in [0.3, 0.4) is 0 Å². The Labute approximate surface area is 116 Å². The molecule has 0 unspecified atom stereocenters. The summed E-state index contributed by atoms with van der Waals surface area (Å²) in [5.74, 6) is 0.912. The molecule has 2 aliphatic rings. The third-order valence-electron chi connectivity index (χ3n) is 3.64. The van der Waals surface area contributed by atoms with Crippen LogP contribution in [0.25, 0.3) is 0 Å². The fourth-order valence-electron chi connectivity index (χ4n) is 2.38. The summed E-state index contributed by atoms with van der Waals surface area (Å²) in [5, 5.41) is 1.80. The van der Waals surface area contributed by atoms with Crippen LogP contribution in [0.5, 0.6) is 0 Å². The quantitative estimate of drug-likeness (QED) is 0.717. The van der Waals surface area contributed by atoms with Gasteiger partial charge in [0.25, 0.3) is 0 Å². The maximum atomic E-state index is 6.42. The van der Waals surface area contributed by atoms with E-state index in [0.29, 0.717) is 0 Å². The Kier molecular flexibility index (Phi) is 3.36. The Hall–Kier alpha value is -0.210. The molecule has 0 amide bonds. The van der Waals surface area contributed by atoms with Crippen LogP contribution in [0.4, 0.5) is 5.69 Å². The first-order valence-corrected chi connectivity index (χ1v) is 7.89. The van der Waals surface area contributed by atoms with Crippen molar-refractivity contribution >= 4 is 33.2 Å². The van der Waals surface area contributed by atoms with E-state index in [1.54, 1.807) is 0 Å². The van der Waals surface area contributed by atoms with Gasteiger partial charge < -0.3 is 4.90 Å². The highest BCUT2D eigenvalue weighted by atomic mass is 79.9. The first-order chi connectivity index (χ1) is 8.29. The van der Waals surface area contributed by atoms with Gasteiger partial charge in [0.05, 0.1) is 10.7 Å². The lowest BCUT2D eigenvalue weighted by molar-refractivity contribution is 0.717. The van der Waals surface area contributed by atoms with Crippen molar-refractivity contribution < 1.29 is 0 Å². The van der Waals surface area contributed by atoms with Crippen LogP contribution < -0.4 is 4.90 Å². The molecular weight excluding hydrogens is 298 g/mol. The van der Waals surface area contributed by atoms with Crippen LogP contribution in [-0.2, 0) is 5.33 Å². The summed E-state index contributed by atoms with van der Waals surface area (Å²) in [5.41, 5.74) is 2.60. The zero-order valence-electron chi connectivity index (χ0n) is 9.83. The van der Waals surface area contributed by atoms with Crippen molar-refractivity contribution in [2.75, 3.05) is 11.4 Å². The molecule has 2 saturated carbocycles. The second-order valence-corrected chi connectivity index (χ2v) is 6.18. The van der Waals surface area contributed by atoms with Crippen molar-refractivity contribution in [1.29, 1.82) is 0 Å². The molecule has 92 valence electrons. The monoisotopic (exact) mass is 313 g/mol. The summed E-state index contributed by atoms with van der Waals surface area (Å²) in [6, 6.07) is 6.99. The zero-order chi connectivity index (χ0) is 11.8. The Morgan fingerprint density at radius 1 is 1.24 bits per heavy atom. The van der Waals surface area contributed by atoms with E-state index in [1.807, 2.05) is 12.1 Å². The van der Waals surface area contributed by atoms with Gasteiger partial charge in [0, 0.05) is 17.9 Å². The summed E-state index contributed by atoms with van der Waals surface area (Å²) in [7, 11) is 0. The molecule has 0 N–H and O–H groups in total. The lowest BCUT2D eigenvalue weighted by Gasteiger charge is -2.28. The minimum Gasteiger partial charge on any atom is -0.367 e. The second-order valence-electron chi connectivity index (χ2n) is 5.21. The number of alkyl halides is 1. The molecule has 3 rings (SSSR count). The highest BCUT2D eigenvalue weighted by Crippen LogP contribution is 2.42. The van der Waals surface area contributed by atoms with Crippen molar-refractivity contribution in [1.82, 2.24) is 0 Å². The number of hydrogen-bond acceptors (Lipinski definition) is 1. The van der Waals surface area contributed by atoms with Crippen LogP contribution in [0.15, 0.2) is 18.2 Å². The summed E-state index contributed by atoms with van der Waals surface area (Å²) < 4.78 is 0. The van der Waals surface area contributed by atoms with Crippen LogP contribution >= 0.6 is 27.5 Å². The second kappa shape index (κ2) is 4.81. The smallest absolute Gasteiger partial charge is 0.0642 e. The fourth-order valence-corrected chi connectivity index (χ4v) is 3.13. The maximum Gasteiger partial charge on any atom is 0.0642 e.